The first-order chi connectivity index (χ1) is 9.04. The molecule has 0 atom stereocenters. The molecule has 0 aromatic carbocycles. The molecular weight excluding hydrogens is 270 g/mol. The van der Waals surface area contributed by atoms with Crippen molar-refractivity contribution in [2.24, 2.45) is 5.73 Å². The molecule has 1 aromatic rings. The Labute approximate surface area is 122 Å². The molecule has 1 rings (SSSR count). The fourth-order valence-electron chi connectivity index (χ4n) is 1.67. The van der Waals surface area contributed by atoms with Crippen LogP contribution >= 0.6 is 0 Å². The van der Waals surface area contributed by atoms with Crippen molar-refractivity contribution in [2.45, 2.75) is 58.8 Å². The normalized spacial score (nSPS) is 12.7. The Kier molecular flexibility index (Phi) is 5.15. The lowest BCUT2D eigenvalue weighted by atomic mass is 10.2. The molecule has 0 spiro atoms. The van der Waals surface area contributed by atoms with Crippen molar-refractivity contribution in [3.63, 3.8) is 0 Å². The maximum absolute atomic E-state index is 11.3. The lowest BCUT2D eigenvalue weighted by Gasteiger charge is -2.36. The maximum Gasteiger partial charge on any atom is 0.266 e. The Morgan fingerprint density at radius 2 is 2.05 bits per heavy atom. The first-order valence-corrected chi connectivity index (χ1v) is 9.93. The molecule has 0 saturated heterocycles. The Hall–Kier alpha value is -1.14. The van der Waals surface area contributed by atoms with E-state index in [0.717, 1.165) is 12.1 Å². The van der Waals surface area contributed by atoms with Crippen LogP contribution < -0.4 is 5.73 Å². The number of hydrogen-bond acceptors (Lipinski definition) is 3. The Morgan fingerprint density at radius 3 is 2.55 bits per heavy atom. The minimum Gasteiger partial charge on any atom is -0.417 e. The van der Waals surface area contributed by atoms with Crippen LogP contribution in [-0.4, -0.2) is 30.6 Å². The summed E-state index contributed by atoms with van der Waals surface area (Å²) in [7, 11) is -1.69. The number of carbonyl (C=O) groups excluding carboxylic acids is 1. The number of aromatic nitrogens is 2. The molecule has 0 saturated carbocycles. The van der Waals surface area contributed by atoms with E-state index in [1.165, 1.54) is 0 Å². The third-order valence-electron chi connectivity index (χ3n) is 3.94. The zero-order valence-corrected chi connectivity index (χ0v) is 14.5. The summed E-state index contributed by atoms with van der Waals surface area (Å²) in [6.45, 7) is 14.3. The van der Waals surface area contributed by atoms with Gasteiger partial charge in [0.25, 0.3) is 5.91 Å². The number of nitrogens with zero attached hydrogens (tertiary/aromatic N) is 2. The molecule has 0 fully saturated rings. The molecule has 1 aromatic heterocycles. The van der Waals surface area contributed by atoms with Crippen molar-refractivity contribution >= 4 is 14.2 Å². The topological polar surface area (TPSA) is 70.1 Å². The molecule has 0 aliphatic rings. The second kappa shape index (κ2) is 6.09. The van der Waals surface area contributed by atoms with E-state index in [9.17, 15) is 4.79 Å². The molecule has 5 nitrogen and oxygen atoms in total. The van der Waals surface area contributed by atoms with Crippen molar-refractivity contribution in [1.29, 1.82) is 0 Å². The average molecular weight is 297 g/mol. The number of carbonyl (C=O) groups is 1. The highest BCUT2D eigenvalue weighted by Gasteiger charge is 2.36. The molecule has 20 heavy (non-hydrogen) atoms. The summed E-state index contributed by atoms with van der Waals surface area (Å²) in [5.41, 5.74) is 6.61. The van der Waals surface area contributed by atoms with Crippen LogP contribution in [0.5, 0.6) is 0 Å². The van der Waals surface area contributed by atoms with Crippen molar-refractivity contribution in [3.05, 3.63) is 17.5 Å². The van der Waals surface area contributed by atoms with Crippen LogP contribution in [-0.2, 0) is 11.0 Å². The molecule has 0 unspecified atom stereocenters. The molecule has 0 aliphatic carbocycles. The van der Waals surface area contributed by atoms with Crippen LogP contribution in [0, 0.1) is 6.92 Å². The Morgan fingerprint density at radius 1 is 1.45 bits per heavy atom. The van der Waals surface area contributed by atoms with E-state index in [-0.39, 0.29) is 5.04 Å². The Bertz CT molecular complexity index is 475. The lowest BCUT2D eigenvalue weighted by Crippen LogP contribution is -2.41. The van der Waals surface area contributed by atoms with Crippen LogP contribution in [0.2, 0.25) is 18.1 Å². The zero-order chi connectivity index (χ0) is 15.6. The number of amides is 1. The molecule has 0 radical (unpaired) electrons. The SMILES string of the molecule is Cc1cc(C(N)=O)n(CCCO[Si](C)(C)C(C)(C)C)n1. The molecule has 0 bridgehead atoms. The summed E-state index contributed by atoms with van der Waals surface area (Å²) >= 11 is 0. The highest BCUT2D eigenvalue weighted by atomic mass is 28.4. The maximum atomic E-state index is 11.3. The molecule has 2 N–H and O–H groups in total. The van der Waals surface area contributed by atoms with Gasteiger partial charge in [-0.05, 0) is 37.5 Å². The van der Waals surface area contributed by atoms with Gasteiger partial charge in [-0.1, -0.05) is 20.8 Å². The third kappa shape index (κ3) is 4.18. The van der Waals surface area contributed by atoms with E-state index < -0.39 is 14.2 Å². The van der Waals surface area contributed by atoms with Gasteiger partial charge in [0, 0.05) is 13.2 Å². The van der Waals surface area contributed by atoms with E-state index in [4.69, 9.17) is 10.2 Å². The second-order valence-electron chi connectivity index (χ2n) is 6.72. The van der Waals surface area contributed by atoms with Crippen LogP contribution in [0.4, 0.5) is 0 Å². The Balaban J connectivity index is 2.52. The van der Waals surface area contributed by atoms with Gasteiger partial charge in [0.1, 0.15) is 5.69 Å². The number of aryl methyl sites for hydroxylation is 2. The predicted molar refractivity (Wildman–Crippen MR) is 83.2 cm³/mol. The van der Waals surface area contributed by atoms with E-state index >= 15 is 0 Å². The molecule has 114 valence electrons. The fourth-order valence-corrected chi connectivity index (χ4v) is 2.76. The smallest absolute Gasteiger partial charge is 0.266 e. The van der Waals surface area contributed by atoms with Gasteiger partial charge in [0.15, 0.2) is 8.32 Å². The largest absolute Gasteiger partial charge is 0.417 e. The summed E-state index contributed by atoms with van der Waals surface area (Å²) in [5.74, 6) is -0.434. The van der Waals surface area contributed by atoms with Gasteiger partial charge in [-0.25, -0.2) is 0 Å². The number of hydrogen-bond donors (Lipinski definition) is 1. The minimum atomic E-state index is -1.69. The summed E-state index contributed by atoms with van der Waals surface area (Å²) in [6, 6.07) is 1.72. The monoisotopic (exact) mass is 297 g/mol. The predicted octanol–water partition coefficient (Wildman–Crippen LogP) is 2.70. The van der Waals surface area contributed by atoms with Gasteiger partial charge in [-0.2, -0.15) is 5.10 Å². The van der Waals surface area contributed by atoms with E-state index in [1.807, 2.05) is 6.92 Å². The van der Waals surface area contributed by atoms with Crippen LogP contribution in [0.15, 0.2) is 6.07 Å². The summed E-state index contributed by atoms with van der Waals surface area (Å²) in [4.78, 5) is 11.3. The quantitative estimate of drug-likeness (QED) is 0.648. The highest BCUT2D eigenvalue weighted by molar-refractivity contribution is 6.74. The van der Waals surface area contributed by atoms with Crippen molar-refractivity contribution in [3.8, 4) is 0 Å². The molecule has 1 amide bonds. The lowest BCUT2D eigenvalue weighted by molar-refractivity contribution is 0.0989. The van der Waals surface area contributed by atoms with Crippen molar-refractivity contribution in [2.75, 3.05) is 6.61 Å². The van der Waals surface area contributed by atoms with Gasteiger partial charge >= 0.3 is 0 Å². The molecule has 0 aliphatic heterocycles. The number of rotatable bonds is 6. The first kappa shape index (κ1) is 16.9. The number of nitrogens with two attached hydrogens (primary N) is 1. The van der Waals surface area contributed by atoms with Crippen molar-refractivity contribution < 1.29 is 9.22 Å². The van der Waals surface area contributed by atoms with Crippen LogP contribution in [0.1, 0.15) is 43.4 Å². The number of primary amides is 1. The third-order valence-corrected chi connectivity index (χ3v) is 8.48. The van der Waals surface area contributed by atoms with Gasteiger partial charge in [-0.3, -0.25) is 9.48 Å². The first-order valence-electron chi connectivity index (χ1n) is 7.03. The van der Waals surface area contributed by atoms with Crippen LogP contribution in [0.3, 0.4) is 0 Å². The average Bonchev–Trinajstić information content (AvgIpc) is 2.64. The highest BCUT2D eigenvalue weighted by Crippen LogP contribution is 2.36. The van der Waals surface area contributed by atoms with E-state index in [0.29, 0.717) is 18.8 Å². The molecular formula is C14H27N3O2Si. The van der Waals surface area contributed by atoms with Crippen LogP contribution in [0.25, 0.3) is 0 Å². The van der Waals surface area contributed by atoms with E-state index in [1.54, 1.807) is 10.7 Å². The fraction of sp³-hybridized carbons (Fsp3) is 0.714. The van der Waals surface area contributed by atoms with E-state index in [2.05, 4.69) is 39.0 Å². The molecule has 1 heterocycles. The van der Waals surface area contributed by atoms with Gasteiger partial charge < -0.3 is 10.2 Å². The van der Waals surface area contributed by atoms with Crippen molar-refractivity contribution in [1.82, 2.24) is 9.78 Å². The second-order valence-corrected chi connectivity index (χ2v) is 11.5. The summed E-state index contributed by atoms with van der Waals surface area (Å²) < 4.78 is 7.78. The van der Waals surface area contributed by atoms with Gasteiger partial charge in [-0.15, -0.1) is 0 Å². The zero-order valence-electron chi connectivity index (χ0n) is 13.5. The summed E-state index contributed by atoms with van der Waals surface area (Å²) in [6.07, 6.45) is 0.827. The standard InChI is InChI=1S/C14H27N3O2Si/c1-11-10-12(13(15)18)17(16-11)8-7-9-19-20(5,6)14(2,3)4/h10H,7-9H2,1-6H3,(H2,15,18). The molecule has 6 heteroatoms. The minimum absolute atomic E-state index is 0.216. The van der Waals surface area contributed by atoms with Gasteiger partial charge in [0.2, 0.25) is 0 Å². The van der Waals surface area contributed by atoms with Gasteiger partial charge in [0.05, 0.1) is 5.69 Å². The summed E-state index contributed by atoms with van der Waals surface area (Å²) in [5, 5.41) is 4.50.